The summed E-state index contributed by atoms with van der Waals surface area (Å²) in [6, 6.07) is 3.12. The van der Waals surface area contributed by atoms with Crippen molar-refractivity contribution in [2.45, 2.75) is 25.3 Å². The van der Waals surface area contributed by atoms with Crippen LogP contribution in [0.3, 0.4) is 0 Å². The molecule has 0 saturated heterocycles. The Morgan fingerprint density at radius 2 is 2.26 bits per heavy atom. The lowest BCUT2D eigenvalue weighted by atomic mass is 10.2. The van der Waals surface area contributed by atoms with Gasteiger partial charge in [0.05, 0.1) is 29.7 Å². The Kier molecular flexibility index (Phi) is 2.98. The number of halogens is 1. The lowest BCUT2D eigenvalue weighted by Gasteiger charge is -2.02. The van der Waals surface area contributed by atoms with Gasteiger partial charge in [-0.2, -0.15) is 5.10 Å². The molecule has 0 unspecified atom stereocenters. The number of carbonyl (C=O) groups excluding carboxylic acids is 1. The van der Waals surface area contributed by atoms with E-state index < -0.39 is 5.82 Å². The second-order valence-corrected chi connectivity index (χ2v) is 4.67. The van der Waals surface area contributed by atoms with E-state index in [0.717, 1.165) is 23.7 Å². The predicted octanol–water partition coefficient (Wildman–Crippen LogP) is 1.75. The molecule has 5 nitrogen and oxygen atoms in total. The summed E-state index contributed by atoms with van der Waals surface area (Å²) < 4.78 is 12.9. The topological polar surface area (TPSA) is 70.7 Å². The molecule has 19 heavy (non-hydrogen) atoms. The van der Waals surface area contributed by atoms with Gasteiger partial charge in [0.1, 0.15) is 5.82 Å². The summed E-state index contributed by atoms with van der Waals surface area (Å²) in [6.07, 6.45) is 4.77. The van der Waals surface area contributed by atoms with Crippen LogP contribution in [0.2, 0.25) is 0 Å². The number of amides is 1. The highest BCUT2D eigenvalue weighted by atomic mass is 19.1. The van der Waals surface area contributed by atoms with Crippen molar-refractivity contribution in [1.29, 1.82) is 0 Å². The Morgan fingerprint density at radius 1 is 1.42 bits per heavy atom. The lowest BCUT2D eigenvalue weighted by Crippen LogP contribution is -2.23. The Labute approximate surface area is 109 Å². The van der Waals surface area contributed by atoms with Gasteiger partial charge in [0.15, 0.2) is 0 Å². The molecule has 3 rings (SSSR count). The molecule has 6 heteroatoms. The molecule has 98 valence electrons. The third-order valence-corrected chi connectivity index (χ3v) is 3.05. The van der Waals surface area contributed by atoms with Gasteiger partial charge < -0.3 is 5.32 Å². The molecule has 2 aromatic rings. The van der Waals surface area contributed by atoms with E-state index in [1.165, 1.54) is 19.0 Å². The number of nitrogens with one attached hydrogen (secondary N) is 2. The van der Waals surface area contributed by atoms with Gasteiger partial charge in [-0.25, -0.2) is 4.39 Å². The molecular weight excluding hydrogens is 247 g/mol. The van der Waals surface area contributed by atoms with Crippen molar-refractivity contribution in [3.63, 3.8) is 0 Å². The van der Waals surface area contributed by atoms with Gasteiger partial charge in [-0.3, -0.25) is 14.9 Å². The van der Waals surface area contributed by atoms with Crippen LogP contribution < -0.4 is 5.32 Å². The van der Waals surface area contributed by atoms with E-state index in [4.69, 9.17) is 0 Å². The molecule has 2 N–H and O–H groups in total. The van der Waals surface area contributed by atoms with Gasteiger partial charge in [-0.05, 0) is 25.0 Å². The van der Waals surface area contributed by atoms with Gasteiger partial charge in [0, 0.05) is 12.1 Å². The van der Waals surface area contributed by atoms with Crippen LogP contribution in [0.15, 0.2) is 24.5 Å². The van der Waals surface area contributed by atoms with Crippen LogP contribution in [0, 0.1) is 5.82 Å². The number of pyridine rings is 1. The normalized spacial score (nSPS) is 14.4. The first kappa shape index (κ1) is 11.8. The Morgan fingerprint density at radius 3 is 3.00 bits per heavy atom. The quantitative estimate of drug-likeness (QED) is 0.879. The van der Waals surface area contributed by atoms with Gasteiger partial charge in [-0.1, -0.05) is 0 Å². The monoisotopic (exact) mass is 260 g/mol. The van der Waals surface area contributed by atoms with E-state index in [2.05, 4.69) is 20.5 Å². The van der Waals surface area contributed by atoms with Crippen molar-refractivity contribution in [2.24, 2.45) is 0 Å². The van der Waals surface area contributed by atoms with Crippen molar-refractivity contribution >= 4 is 5.91 Å². The maximum absolute atomic E-state index is 12.9. The van der Waals surface area contributed by atoms with Crippen LogP contribution in [-0.4, -0.2) is 21.1 Å². The smallest absolute Gasteiger partial charge is 0.253 e. The van der Waals surface area contributed by atoms with Gasteiger partial charge >= 0.3 is 0 Å². The fourth-order valence-electron chi connectivity index (χ4n) is 1.87. The largest absolute Gasteiger partial charge is 0.346 e. The third-order valence-electron chi connectivity index (χ3n) is 3.05. The average Bonchev–Trinajstić information content (AvgIpc) is 3.15. The molecule has 2 heterocycles. The number of nitrogens with zero attached hydrogens (tertiary/aromatic N) is 2. The van der Waals surface area contributed by atoms with Crippen LogP contribution in [0.5, 0.6) is 0 Å². The predicted molar refractivity (Wildman–Crippen MR) is 65.9 cm³/mol. The zero-order chi connectivity index (χ0) is 13.2. The van der Waals surface area contributed by atoms with Crippen molar-refractivity contribution in [3.05, 3.63) is 47.3 Å². The minimum Gasteiger partial charge on any atom is -0.346 e. The van der Waals surface area contributed by atoms with Crippen molar-refractivity contribution in [1.82, 2.24) is 20.5 Å². The first-order valence-electron chi connectivity index (χ1n) is 6.15. The summed E-state index contributed by atoms with van der Waals surface area (Å²) in [6.45, 7) is 0.342. The van der Waals surface area contributed by atoms with E-state index in [-0.39, 0.29) is 11.5 Å². The highest BCUT2D eigenvalue weighted by Crippen LogP contribution is 2.38. The molecule has 0 aliphatic heterocycles. The van der Waals surface area contributed by atoms with E-state index in [1.807, 2.05) is 6.07 Å². The highest BCUT2D eigenvalue weighted by Gasteiger charge is 2.26. The Bertz CT molecular complexity index is 606. The fraction of sp³-hybridized carbons (Fsp3) is 0.308. The minimum atomic E-state index is -0.523. The molecule has 1 aliphatic rings. The number of aromatic amines is 1. The molecule has 1 fully saturated rings. The van der Waals surface area contributed by atoms with E-state index in [1.54, 1.807) is 0 Å². The lowest BCUT2D eigenvalue weighted by molar-refractivity contribution is 0.0949. The summed E-state index contributed by atoms with van der Waals surface area (Å²) in [5.74, 6) is -0.298. The van der Waals surface area contributed by atoms with Gasteiger partial charge in [0.2, 0.25) is 0 Å². The van der Waals surface area contributed by atoms with Gasteiger partial charge in [0.25, 0.3) is 5.91 Å². The molecule has 0 atom stereocenters. The van der Waals surface area contributed by atoms with Crippen LogP contribution >= 0.6 is 0 Å². The first-order chi connectivity index (χ1) is 9.22. The average molecular weight is 260 g/mol. The second kappa shape index (κ2) is 4.79. The molecule has 1 aliphatic carbocycles. The number of H-pyrrole nitrogens is 1. The summed E-state index contributed by atoms with van der Waals surface area (Å²) >= 11 is 0. The third kappa shape index (κ3) is 2.78. The van der Waals surface area contributed by atoms with Crippen LogP contribution in [0.1, 0.15) is 40.5 Å². The summed E-state index contributed by atoms with van der Waals surface area (Å²) in [7, 11) is 0. The van der Waals surface area contributed by atoms with Crippen molar-refractivity contribution in [2.75, 3.05) is 0 Å². The maximum Gasteiger partial charge on any atom is 0.253 e. The van der Waals surface area contributed by atoms with Crippen LogP contribution in [-0.2, 0) is 6.54 Å². The zero-order valence-electron chi connectivity index (χ0n) is 10.2. The molecule has 0 spiro atoms. The number of hydrogen-bond donors (Lipinski definition) is 2. The minimum absolute atomic E-state index is 0.210. The van der Waals surface area contributed by atoms with Gasteiger partial charge in [-0.15, -0.1) is 0 Å². The summed E-state index contributed by atoms with van der Waals surface area (Å²) in [5, 5.41) is 9.78. The molecule has 0 aromatic carbocycles. The van der Waals surface area contributed by atoms with Crippen LogP contribution in [0.25, 0.3) is 0 Å². The first-order valence-corrected chi connectivity index (χ1v) is 6.15. The molecule has 1 saturated carbocycles. The Balaban J connectivity index is 1.60. The number of rotatable bonds is 4. The maximum atomic E-state index is 12.9. The van der Waals surface area contributed by atoms with Crippen molar-refractivity contribution < 1.29 is 9.18 Å². The molecule has 0 radical (unpaired) electrons. The molecule has 0 bridgehead atoms. The summed E-state index contributed by atoms with van der Waals surface area (Å²) in [4.78, 5) is 15.4. The number of carbonyl (C=O) groups is 1. The second-order valence-electron chi connectivity index (χ2n) is 4.67. The van der Waals surface area contributed by atoms with Crippen LogP contribution in [0.4, 0.5) is 4.39 Å². The number of aromatic nitrogens is 3. The molecular formula is C13H13FN4O. The SMILES string of the molecule is O=C(NCc1cc(C2CC2)n[nH]1)c1cncc(F)c1. The zero-order valence-corrected chi connectivity index (χ0v) is 10.2. The standard InChI is InChI=1S/C13H13FN4O/c14-10-3-9(5-15-6-10)13(19)16-7-11-4-12(18-17-11)8-1-2-8/h3-6,8H,1-2,7H2,(H,16,19)(H,17,18). The van der Waals surface area contributed by atoms with Crippen molar-refractivity contribution in [3.8, 4) is 0 Å². The Hall–Kier alpha value is -2.24. The molecule has 2 aromatic heterocycles. The fourth-order valence-corrected chi connectivity index (χ4v) is 1.87. The van der Waals surface area contributed by atoms with E-state index >= 15 is 0 Å². The summed E-state index contributed by atoms with van der Waals surface area (Å²) in [5.41, 5.74) is 2.11. The molecule has 1 amide bonds. The highest BCUT2D eigenvalue weighted by molar-refractivity contribution is 5.93. The van der Waals surface area contributed by atoms with E-state index in [0.29, 0.717) is 12.5 Å². The van der Waals surface area contributed by atoms with E-state index in [9.17, 15) is 9.18 Å². The number of hydrogen-bond acceptors (Lipinski definition) is 3.